The molecule has 88 valence electrons. The molecule has 0 aromatic carbocycles. The molecule has 1 N–H and O–H groups in total. The quantitative estimate of drug-likeness (QED) is 0.727. The Morgan fingerprint density at radius 3 is 2.47 bits per heavy atom. The van der Waals surface area contributed by atoms with E-state index in [1.165, 1.54) is 12.8 Å². The monoisotopic (exact) mass is 213 g/mol. The smallest absolute Gasteiger partial charge is 0.307 e. The molecule has 3 heteroatoms. The normalized spacial score (nSPS) is 29.1. The molecule has 1 aliphatic rings. The minimum absolute atomic E-state index is 0.0702. The van der Waals surface area contributed by atoms with Crippen molar-refractivity contribution in [2.75, 3.05) is 13.7 Å². The average molecular weight is 213 g/mol. The lowest BCUT2D eigenvalue weighted by molar-refractivity contribution is -0.146. The van der Waals surface area contributed by atoms with Crippen molar-refractivity contribution >= 4 is 5.97 Å². The minimum Gasteiger partial charge on any atom is -0.466 e. The van der Waals surface area contributed by atoms with E-state index in [0.29, 0.717) is 13.0 Å². The first-order chi connectivity index (χ1) is 6.97. The van der Waals surface area contributed by atoms with Gasteiger partial charge < -0.3 is 10.1 Å². The van der Waals surface area contributed by atoms with Crippen LogP contribution in [-0.2, 0) is 9.53 Å². The van der Waals surface area contributed by atoms with Crippen molar-refractivity contribution in [1.82, 2.24) is 5.32 Å². The summed E-state index contributed by atoms with van der Waals surface area (Å²) in [6, 6.07) is 0. The van der Waals surface area contributed by atoms with Crippen LogP contribution >= 0.6 is 0 Å². The molecule has 0 spiro atoms. The van der Waals surface area contributed by atoms with Crippen LogP contribution in [0.2, 0.25) is 0 Å². The lowest BCUT2D eigenvalue weighted by Gasteiger charge is -2.40. The summed E-state index contributed by atoms with van der Waals surface area (Å²) in [4.78, 5) is 11.6. The van der Waals surface area contributed by atoms with Crippen LogP contribution in [0.25, 0.3) is 0 Å². The summed E-state index contributed by atoms with van der Waals surface area (Å²) in [6.45, 7) is 6.79. The molecule has 1 aliphatic carbocycles. The first kappa shape index (κ1) is 12.5. The highest BCUT2D eigenvalue weighted by Gasteiger charge is 2.48. The number of nitrogens with one attached hydrogen (secondary N) is 1. The predicted molar refractivity (Wildman–Crippen MR) is 60.7 cm³/mol. The molecule has 1 atom stereocenters. The molecule has 1 unspecified atom stereocenters. The first-order valence-electron chi connectivity index (χ1n) is 5.82. The average Bonchev–Trinajstić information content (AvgIpc) is 2.43. The minimum atomic E-state index is -0.0816. The first-order valence-corrected chi connectivity index (χ1v) is 5.82. The van der Waals surface area contributed by atoms with Gasteiger partial charge in [-0.15, -0.1) is 0 Å². The van der Waals surface area contributed by atoms with Gasteiger partial charge in [0.25, 0.3) is 0 Å². The molecule has 1 saturated carbocycles. The lowest BCUT2D eigenvalue weighted by Crippen LogP contribution is -2.52. The van der Waals surface area contributed by atoms with Gasteiger partial charge in [-0.1, -0.05) is 20.3 Å². The van der Waals surface area contributed by atoms with Crippen molar-refractivity contribution in [2.24, 2.45) is 5.41 Å². The standard InChI is InChI=1S/C12H23NO2/c1-5-15-10(14)9-12(13-4)8-6-7-11(12,2)3/h13H,5-9H2,1-4H3. The van der Waals surface area contributed by atoms with Gasteiger partial charge in [0.2, 0.25) is 0 Å². The van der Waals surface area contributed by atoms with Crippen molar-refractivity contribution in [3.05, 3.63) is 0 Å². The number of hydrogen-bond donors (Lipinski definition) is 1. The summed E-state index contributed by atoms with van der Waals surface area (Å²) >= 11 is 0. The van der Waals surface area contributed by atoms with E-state index in [9.17, 15) is 4.79 Å². The second-order valence-electron chi connectivity index (χ2n) is 5.05. The highest BCUT2D eigenvalue weighted by Crippen LogP contribution is 2.47. The Morgan fingerprint density at radius 1 is 1.40 bits per heavy atom. The summed E-state index contributed by atoms with van der Waals surface area (Å²) < 4.78 is 5.05. The number of hydrogen-bond acceptors (Lipinski definition) is 3. The van der Waals surface area contributed by atoms with Crippen LogP contribution in [0, 0.1) is 5.41 Å². The van der Waals surface area contributed by atoms with Crippen molar-refractivity contribution < 1.29 is 9.53 Å². The Balaban J connectivity index is 2.73. The van der Waals surface area contributed by atoms with Gasteiger partial charge in [-0.2, -0.15) is 0 Å². The van der Waals surface area contributed by atoms with E-state index in [1.807, 2.05) is 14.0 Å². The molecule has 3 nitrogen and oxygen atoms in total. The molecule has 0 aromatic heterocycles. The SMILES string of the molecule is CCOC(=O)CC1(NC)CCCC1(C)C. The number of rotatable bonds is 4. The van der Waals surface area contributed by atoms with Gasteiger partial charge >= 0.3 is 5.97 Å². The van der Waals surface area contributed by atoms with Gasteiger partial charge in [-0.3, -0.25) is 4.79 Å². The van der Waals surface area contributed by atoms with Crippen LogP contribution in [0.5, 0.6) is 0 Å². The molecule has 1 rings (SSSR count). The molecular formula is C12H23NO2. The molecule has 0 bridgehead atoms. The summed E-state index contributed by atoms with van der Waals surface area (Å²) in [7, 11) is 1.95. The summed E-state index contributed by atoms with van der Waals surface area (Å²) in [5.74, 6) is -0.0816. The molecule has 0 aliphatic heterocycles. The molecule has 1 fully saturated rings. The van der Waals surface area contributed by atoms with E-state index in [-0.39, 0.29) is 16.9 Å². The van der Waals surface area contributed by atoms with Crippen LogP contribution in [0.3, 0.4) is 0 Å². The molecule has 0 aromatic rings. The van der Waals surface area contributed by atoms with Crippen molar-refractivity contribution in [3.63, 3.8) is 0 Å². The Hall–Kier alpha value is -0.570. The van der Waals surface area contributed by atoms with E-state index in [0.717, 1.165) is 6.42 Å². The number of esters is 1. The van der Waals surface area contributed by atoms with Crippen LogP contribution in [0.1, 0.15) is 46.5 Å². The Morgan fingerprint density at radius 2 is 2.07 bits per heavy atom. The second kappa shape index (κ2) is 4.52. The predicted octanol–water partition coefficient (Wildman–Crippen LogP) is 2.11. The maximum Gasteiger partial charge on any atom is 0.307 e. The highest BCUT2D eigenvalue weighted by molar-refractivity contribution is 5.71. The van der Waals surface area contributed by atoms with E-state index >= 15 is 0 Å². The number of carbonyl (C=O) groups excluding carboxylic acids is 1. The van der Waals surface area contributed by atoms with Crippen LogP contribution in [0.4, 0.5) is 0 Å². The highest BCUT2D eigenvalue weighted by atomic mass is 16.5. The number of ether oxygens (including phenoxy) is 1. The van der Waals surface area contributed by atoms with E-state index < -0.39 is 0 Å². The van der Waals surface area contributed by atoms with Gasteiger partial charge in [-0.05, 0) is 32.2 Å². The Bertz CT molecular complexity index is 238. The van der Waals surface area contributed by atoms with E-state index in [1.54, 1.807) is 0 Å². The fourth-order valence-electron chi connectivity index (χ4n) is 2.75. The van der Waals surface area contributed by atoms with Gasteiger partial charge in [0.05, 0.1) is 13.0 Å². The fourth-order valence-corrected chi connectivity index (χ4v) is 2.75. The topological polar surface area (TPSA) is 38.3 Å². The van der Waals surface area contributed by atoms with Crippen LogP contribution in [-0.4, -0.2) is 25.2 Å². The second-order valence-corrected chi connectivity index (χ2v) is 5.05. The lowest BCUT2D eigenvalue weighted by atomic mass is 9.73. The molecule has 15 heavy (non-hydrogen) atoms. The molecule has 0 radical (unpaired) electrons. The van der Waals surface area contributed by atoms with E-state index in [4.69, 9.17) is 4.74 Å². The summed E-state index contributed by atoms with van der Waals surface area (Å²) in [6.07, 6.45) is 3.92. The van der Waals surface area contributed by atoms with Crippen molar-refractivity contribution in [2.45, 2.75) is 52.0 Å². The third-order valence-electron chi connectivity index (χ3n) is 3.93. The van der Waals surface area contributed by atoms with Gasteiger partial charge in [0.15, 0.2) is 0 Å². The van der Waals surface area contributed by atoms with Gasteiger partial charge in [0, 0.05) is 5.54 Å². The van der Waals surface area contributed by atoms with Gasteiger partial charge in [-0.25, -0.2) is 0 Å². The Labute approximate surface area is 92.6 Å². The molecule has 0 saturated heterocycles. The van der Waals surface area contributed by atoms with Crippen LogP contribution in [0.15, 0.2) is 0 Å². The largest absolute Gasteiger partial charge is 0.466 e. The third kappa shape index (κ3) is 2.33. The van der Waals surface area contributed by atoms with Crippen molar-refractivity contribution in [3.8, 4) is 0 Å². The fraction of sp³-hybridized carbons (Fsp3) is 0.917. The summed E-state index contributed by atoms with van der Waals surface area (Å²) in [5, 5.41) is 3.36. The number of carbonyl (C=O) groups is 1. The molecular weight excluding hydrogens is 190 g/mol. The summed E-state index contributed by atoms with van der Waals surface area (Å²) in [5.41, 5.74) is 0.105. The maximum atomic E-state index is 11.6. The molecule has 0 amide bonds. The van der Waals surface area contributed by atoms with Gasteiger partial charge in [0.1, 0.15) is 0 Å². The zero-order chi connectivity index (χ0) is 11.5. The zero-order valence-corrected chi connectivity index (χ0v) is 10.4. The third-order valence-corrected chi connectivity index (χ3v) is 3.93. The van der Waals surface area contributed by atoms with Crippen molar-refractivity contribution in [1.29, 1.82) is 0 Å². The van der Waals surface area contributed by atoms with E-state index in [2.05, 4.69) is 19.2 Å². The Kier molecular flexibility index (Phi) is 3.77. The zero-order valence-electron chi connectivity index (χ0n) is 10.4. The molecule has 0 heterocycles. The maximum absolute atomic E-state index is 11.6. The van der Waals surface area contributed by atoms with Crippen LogP contribution < -0.4 is 5.32 Å².